The summed E-state index contributed by atoms with van der Waals surface area (Å²) in [5.41, 5.74) is -0.354. The van der Waals surface area contributed by atoms with Crippen LogP contribution in [0.25, 0.3) is 5.82 Å². The van der Waals surface area contributed by atoms with E-state index in [1.165, 1.54) is 25.7 Å². The summed E-state index contributed by atoms with van der Waals surface area (Å²) < 4.78 is 12.9. The number of carbonyl (C=O) groups is 1. The molecule has 0 N–H and O–H groups in total. The topological polar surface area (TPSA) is 66.2 Å². The molecule has 0 amide bonds. The summed E-state index contributed by atoms with van der Waals surface area (Å²) in [5.74, 6) is 2.94. The van der Waals surface area contributed by atoms with Crippen molar-refractivity contribution < 1.29 is 14.3 Å². The predicted molar refractivity (Wildman–Crippen MR) is 106 cm³/mol. The van der Waals surface area contributed by atoms with Crippen LogP contribution in [0.2, 0.25) is 5.15 Å². The van der Waals surface area contributed by atoms with E-state index in [4.69, 9.17) is 21.1 Å². The highest BCUT2D eigenvalue weighted by molar-refractivity contribution is 6.32. The van der Waals surface area contributed by atoms with Crippen molar-refractivity contribution in [2.24, 2.45) is 17.8 Å². The van der Waals surface area contributed by atoms with Gasteiger partial charge in [-0.1, -0.05) is 11.6 Å². The lowest BCUT2D eigenvalue weighted by Gasteiger charge is -2.19. The van der Waals surface area contributed by atoms with E-state index in [1.54, 1.807) is 23.0 Å². The number of rotatable bonds is 5. The molecule has 2 bridgehead atoms. The van der Waals surface area contributed by atoms with Crippen molar-refractivity contribution in [3.63, 3.8) is 0 Å². The van der Waals surface area contributed by atoms with Crippen molar-refractivity contribution in [2.45, 2.75) is 52.1 Å². The van der Waals surface area contributed by atoms with Crippen molar-refractivity contribution >= 4 is 17.6 Å². The van der Waals surface area contributed by atoms with E-state index in [1.807, 2.05) is 26.8 Å². The van der Waals surface area contributed by atoms with E-state index in [0.29, 0.717) is 17.6 Å². The SMILES string of the molecule is CC(C)(C)OC(=O)c1ccc(-n2ccc(OCC3C4CCC3CC4)n2)nc1Cl. The standard InChI is InChI=1S/C21H26ClN3O3/c1-21(2,3)28-20(26)15-8-9-17(23-19(15)22)25-11-10-18(24-25)27-12-16-13-4-5-14(16)7-6-13/h8-11,13-14,16H,4-7,12H2,1-3H3. The molecule has 2 aromatic heterocycles. The summed E-state index contributed by atoms with van der Waals surface area (Å²) in [6.45, 7) is 6.16. The lowest BCUT2D eigenvalue weighted by atomic mass is 9.99. The fourth-order valence-corrected chi connectivity index (χ4v) is 4.62. The minimum atomic E-state index is -0.591. The summed E-state index contributed by atoms with van der Waals surface area (Å²) >= 11 is 6.21. The minimum absolute atomic E-state index is 0.0900. The monoisotopic (exact) mass is 403 g/mol. The van der Waals surface area contributed by atoms with Gasteiger partial charge in [0, 0.05) is 12.3 Å². The van der Waals surface area contributed by atoms with Crippen LogP contribution in [0, 0.1) is 17.8 Å². The molecule has 2 aliphatic carbocycles. The Morgan fingerprint density at radius 1 is 1.18 bits per heavy atom. The van der Waals surface area contributed by atoms with Crippen molar-refractivity contribution in [1.29, 1.82) is 0 Å². The Morgan fingerprint density at radius 3 is 2.46 bits per heavy atom. The van der Waals surface area contributed by atoms with E-state index in [2.05, 4.69) is 10.1 Å². The summed E-state index contributed by atoms with van der Waals surface area (Å²) in [7, 11) is 0. The number of ether oxygens (including phenoxy) is 2. The van der Waals surface area contributed by atoms with Crippen LogP contribution in [0.1, 0.15) is 56.8 Å². The molecule has 2 aliphatic rings. The molecule has 0 aliphatic heterocycles. The summed E-state index contributed by atoms with van der Waals surface area (Å²) in [5, 5.41) is 4.53. The first-order valence-corrected chi connectivity index (χ1v) is 10.3. The second-order valence-corrected chi connectivity index (χ2v) is 9.12. The zero-order valence-corrected chi connectivity index (χ0v) is 17.3. The molecule has 4 rings (SSSR count). The van der Waals surface area contributed by atoms with Crippen LogP contribution in [0.5, 0.6) is 5.88 Å². The van der Waals surface area contributed by atoms with Gasteiger partial charge >= 0.3 is 5.97 Å². The van der Waals surface area contributed by atoms with Crippen molar-refractivity contribution in [3.05, 3.63) is 35.1 Å². The highest BCUT2D eigenvalue weighted by atomic mass is 35.5. The van der Waals surface area contributed by atoms with Crippen LogP contribution < -0.4 is 4.74 Å². The molecule has 0 radical (unpaired) electrons. The summed E-state index contributed by atoms with van der Waals surface area (Å²) in [6.07, 6.45) is 7.17. The molecule has 0 saturated heterocycles. The largest absolute Gasteiger partial charge is 0.476 e. The number of carbonyl (C=O) groups excluding carboxylic acids is 1. The van der Waals surface area contributed by atoms with E-state index in [9.17, 15) is 4.79 Å². The minimum Gasteiger partial charge on any atom is -0.476 e. The van der Waals surface area contributed by atoms with Gasteiger partial charge in [0.2, 0.25) is 5.88 Å². The number of aromatic nitrogens is 3. The number of pyridine rings is 1. The van der Waals surface area contributed by atoms with Crippen molar-refractivity contribution in [1.82, 2.24) is 14.8 Å². The van der Waals surface area contributed by atoms with Crippen LogP contribution in [0.3, 0.4) is 0 Å². The number of esters is 1. The molecule has 2 fully saturated rings. The molecule has 0 unspecified atom stereocenters. The van der Waals surface area contributed by atoms with Gasteiger partial charge in [-0.05, 0) is 76.3 Å². The lowest BCUT2D eigenvalue weighted by Crippen LogP contribution is -2.24. The second-order valence-electron chi connectivity index (χ2n) is 8.76. The number of halogens is 1. The van der Waals surface area contributed by atoms with Gasteiger partial charge in [-0.3, -0.25) is 0 Å². The molecule has 0 aromatic carbocycles. The first-order chi connectivity index (χ1) is 13.3. The van der Waals surface area contributed by atoms with Crippen LogP contribution in [0.4, 0.5) is 0 Å². The average Bonchev–Trinajstić information content (AvgIpc) is 3.34. The van der Waals surface area contributed by atoms with Gasteiger partial charge in [0.05, 0.1) is 12.2 Å². The van der Waals surface area contributed by atoms with Crippen LogP contribution >= 0.6 is 11.6 Å². The first kappa shape index (κ1) is 19.2. The Hall–Kier alpha value is -2.08. The molecule has 2 saturated carbocycles. The normalized spacial score (nSPS) is 23.8. The number of hydrogen-bond donors (Lipinski definition) is 0. The smallest absolute Gasteiger partial charge is 0.341 e. The van der Waals surface area contributed by atoms with Gasteiger partial charge in [0.25, 0.3) is 0 Å². The van der Waals surface area contributed by atoms with E-state index < -0.39 is 11.6 Å². The molecule has 28 heavy (non-hydrogen) atoms. The maximum atomic E-state index is 12.2. The number of fused-ring (bicyclic) bond motifs is 2. The zero-order chi connectivity index (χ0) is 19.9. The molecule has 2 heterocycles. The fraction of sp³-hybridized carbons (Fsp3) is 0.571. The van der Waals surface area contributed by atoms with Gasteiger partial charge in [-0.25, -0.2) is 14.5 Å². The average molecular weight is 404 g/mol. The molecule has 0 spiro atoms. The van der Waals surface area contributed by atoms with Crippen LogP contribution in [0.15, 0.2) is 24.4 Å². The van der Waals surface area contributed by atoms with Gasteiger partial charge in [-0.2, -0.15) is 0 Å². The van der Waals surface area contributed by atoms with Crippen LogP contribution in [-0.4, -0.2) is 32.9 Å². The van der Waals surface area contributed by atoms with E-state index in [0.717, 1.165) is 18.4 Å². The Balaban J connectivity index is 1.42. The quantitative estimate of drug-likeness (QED) is 0.535. The van der Waals surface area contributed by atoms with E-state index >= 15 is 0 Å². The number of nitrogens with zero attached hydrogens (tertiary/aromatic N) is 3. The molecule has 7 heteroatoms. The Morgan fingerprint density at radius 2 is 1.86 bits per heavy atom. The summed E-state index contributed by atoms with van der Waals surface area (Å²) in [4.78, 5) is 16.5. The molecular weight excluding hydrogens is 378 g/mol. The maximum absolute atomic E-state index is 12.2. The Kier molecular flexibility index (Phi) is 5.08. The third kappa shape index (κ3) is 4.02. The highest BCUT2D eigenvalue weighted by Gasteiger charge is 2.41. The number of hydrogen-bond acceptors (Lipinski definition) is 5. The molecule has 150 valence electrons. The van der Waals surface area contributed by atoms with Gasteiger partial charge in [0.15, 0.2) is 5.82 Å². The zero-order valence-electron chi connectivity index (χ0n) is 16.5. The Bertz CT molecular complexity index is 854. The predicted octanol–water partition coefficient (Wildman–Crippen LogP) is 4.69. The second kappa shape index (κ2) is 7.39. The van der Waals surface area contributed by atoms with Crippen LogP contribution in [-0.2, 0) is 4.74 Å². The molecular formula is C21H26ClN3O3. The van der Waals surface area contributed by atoms with Crippen molar-refractivity contribution in [3.8, 4) is 11.7 Å². The van der Waals surface area contributed by atoms with E-state index in [-0.39, 0.29) is 10.7 Å². The van der Waals surface area contributed by atoms with Crippen molar-refractivity contribution in [2.75, 3.05) is 6.61 Å². The third-order valence-electron chi connectivity index (χ3n) is 5.70. The molecule has 0 atom stereocenters. The summed E-state index contributed by atoms with van der Waals surface area (Å²) in [6, 6.07) is 5.13. The van der Waals surface area contributed by atoms with Gasteiger partial charge in [-0.15, -0.1) is 5.10 Å². The van der Waals surface area contributed by atoms with Gasteiger partial charge < -0.3 is 9.47 Å². The van der Waals surface area contributed by atoms with Gasteiger partial charge in [0.1, 0.15) is 10.8 Å². The molecule has 2 aromatic rings. The Labute approximate surface area is 170 Å². The third-order valence-corrected chi connectivity index (χ3v) is 5.99. The maximum Gasteiger partial charge on any atom is 0.341 e. The lowest BCUT2D eigenvalue weighted by molar-refractivity contribution is 0.00693. The highest BCUT2D eigenvalue weighted by Crippen LogP contribution is 2.49. The fourth-order valence-electron chi connectivity index (χ4n) is 4.39. The molecule has 6 nitrogen and oxygen atoms in total. The first-order valence-electron chi connectivity index (χ1n) is 9.89.